The molecule has 17 heavy (non-hydrogen) atoms. The lowest BCUT2D eigenvalue weighted by atomic mass is 10.1. The topological polar surface area (TPSA) is 33.2 Å². The molecule has 1 aromatic rings. The predicted molar refractivity (Wildman–Crippen MR) is 67.3 cm³/mol. The maximum Gasteiger partial charge on any atom is 0.223 e. The van der Waals surface area contributed by atoms with E-state index in [4.69, 9.17) is 0 Å². The molecule has 0 aliphatic carbocycles. The molecule has 0 bridgehead atoms. The Hall–Kier alpha value is -1.64. The number of carbonyl (C=O) groups is 1. The molecule has 2 heterocycles. The number of carbonyl (C=O) groups excluding carboxylic acids is 1. The Morgan fingerprint density at radius 1 is 1.71 bits per heavy atom. The van der Waals surface area contributed by atoms with Crippen molar-refractivity contribution in [3.05, 3.63) is 42.7 Å². The van der Waals surface area contributed by atoms with Crippen molar-refractivity contribution in [2.75, 3.05) is 6.54 Å². The van der Waals surface area contributed by atoms with Crippen LogP contribution in [0.2, 0.25) is 0 Å². The second kappa shape index (κ2) is 5.13. The average molecular weight is 230 g/mol. The highest BCUT2D eigenvalue weighted by Gasteiger charge is 2.32. The molecule has 2 atom stereocenters. The number of hydrogen-bond donors (Lipinski definition) is 0. The fourth-order valence-electron chi connectivity index (χ4n) is 2.43. The van der Waals surface area contributed by atoms with E-state index in [0.717, 1.165) is 18.5 Å². The van der Waals surface area contributed by atoms with Crippen molar-refractivity contribution in [3.8, 4) is 0 Å². The Morgan fingerprint density at radius 2 is 2.53 bits per heavy atom. The van der Waals surface area contributed by atoms with E-state index < -0.39 is 0 Å². The predicted octanol–water partition coefficient (Wildman–Crippen LogP) is 2.57. The van der Waals surface area contributed by atoms with Gasteiger partial charge < -0.3 is 4.90 Å². The number of rotatable bonds is 4. The first kappa shape index (κ1) is 11.8. The lowest BCUT2D eigenvalue weighted by molar-refractivity contribution is -0.129. The maximum atomic E-state index is 12.0. The second-order valence-electron chi connectivity index (χ2n) is 4.46. The summed E-state index contributed by atoms with van der Waals surface area (Å²) in [6, 6.07) is 4.11. The van der Waals surface area contributed by atoms with E-state index in [1.165, 1.54) is 0 Å². The van der Waals surface area contributed by atoms with Crippen molar-refractivity contribution in [2.24, 2.45) is 5.92 Å². The van der Waals surface area contributed by atoms with E-state index in [1.54, 1.807) is 6.20 Å². The first-order valence-electron chi connectivity index (χ1n) is 6.08. The van der Waals surface area contributed by atoms with Crippen LogP contribution in [-0.4, -0.2) is 22.3 Å². The lowest BCUT2D eigenvalue weighted by Crippen LogP contribution is -2.30. The van der Waals surface area contributed by atoms with Crippen molar-refractivity contribution in [3.63, 3.8) is 0 Å². The van der Waals surface area contributed by atoms with Gasteiger partial charge in [0, 0.05) is 31.3 Å². The summed E-state index contributed by atoms with van der Waals surface area (Å²) in [6.45, 7) is 6.67. The molecule has 1 aliphatic rings. The van der Waals surface area contributed by atoms with Crippen LogP contribution < -0.4 is 0 Å². The monoisotopic (exact) mass is 230 g/mol. The van der Waals surface area contributed by atoms with Gasteiger partial charge in [-0.1, -0.05) is 19.1 Å². The lowest BCUT2D eigenvalue weighted by Gasteiger charge is -2.27. The highest BCUT2D eigenvalue weighted by molar-refractivity contribution is 5.79. The van der Waals surface area contributed by atoms with Crippen LogP contribution in [0.15, 0.2) is 37.2 Å². The zero-order valence-electron chi connectivity index (χ0n) is 10.2. The summed E-state index contributed by atoms with van der Waals surface area (Å²) in [5, 5.41) is 0. The van der Waals surface area contributed by atoms with Crippen LogP contribution >= 0.6 is 0 Å². The second-order valence-corrected chi connectivity index (χ2v) is 4.46. The van der Waals surface area contributed by atoms with Gasteiger partial charge in [0.25, 0.3) is 0 Å². The Balaban J connectivity index is 2.20. The summed E-state index contributed by atoms with van der Waals surface area (Å²) in [6.07, 6.45) is 7.01. The van der Waals surface area contributed by atoms with E-state index in [0.29, 0.717) is 12.3 Å². The Morgan fingerprint density at radius 3 is 3.06 bits per heavy atom. The molecule has 1 aliphatic heterocycles. The number of pyridine rings is 1. The standard InChI is InChI=1S/C14H18N2O/c1-3-11-8-14(17)16(10-11)13(4-2)12-6-5-7-15-9-12/h3,5-7,9,11,13H,1,4,8,10H2,2H3. The molecule has 0 radical (unpaired) electrons. The third kappa shape index (κ3) is 2.38. The molecule has 1 amide bonds. The van der Waals surface area contributed by atoms with Crippen LogP contribution in [0.1, 0.15) is 31.4 Å². The highest BCUT2D eigenvalue weighted by atomic mass is 16.2. The van der Waals surface area contributed by atoms with Gasteiger partial charge in [0.15, 0.2) is 0 Å². The molecule has 2 unspecified atom stereocenters. The van der Waals surface area contributed by atoms with E-state index in [-0.39, 0.29) is 11.9 Å². The van der Waals surface area contributed by atoms with Gasteiger partial charge in [0.2, 0.25) is 5.91 Å². The summed E-state index contributed by atoms with van der Waals surface area (Å²) < 4.78 is 0. The minimum Gasteiger partial charge on any atom is -0.335 e. The third-order valence-corrected chi connectivity index (χ3v) is 3.35. The van der Waals surface area contributed by atoms with E-state index in [9.17, 15) is 4.79 Å². The summed E-state index contributed by atoms with van der Waals surface area (Å²) in [7, 11) is 0. The van der Waals surface area contributed by atoms with Gasteiger partial charge in [-0.3, -0.25) is 9.78 Å². The molecule has 0 aromatic carbocycles. The van der Waals surface area contributed by atoms with Crippen molar-refractivity contribution in [1.82, 2.24) is 9.88 Å². The molecule has 1 fully saturated rings. The van der Waals surface area contributed by atoms with Crippen LogP contribution in [0, 0.1) is 5.92 Å². The van der Waals surface area contributed by atoms with Crippen molar-refractivity contribution >= 4 is 5.91 Å². The minimum absolute atomic E-state index is 0.154. The van der Waals surface area contributed by atoms with Crippen LogP contribution in [-0.2, 0) is 4.79 Å². The van der Waals surface area contributed by atoms with Gasteiger partial charge >= 0.3 is 0 Å². The molecule has 0 spiro atoms. The zero-order chi connectivity index (χ0) is 12.3. The minimum atomic E-state index is 0.154. The molecule has 1 aromatic heterocycles. The molecule has 3 nitrogen and oxygen atoms in total. The molecule has 0 N–H and O–H groups in total. The molecule has 1 saturated heterocycles. The van der Waals surface area contributed by atoms with Gasteiger partial charge in [-0.15, -0.1) is 6.58 Å². The zero-order valence-corrected chi connectivity index (χ0v) is 10.2. The van der Waals surface area contributed by atoms with Crippen LogP contribution in [0.5, 0.6) is 0 Å². The Bertz CT molecular complexity index is 402. The highest BCUT2D eigenvalue weighted by Crippen LogP contribution is 2.30. The fourth-order valence-corrected chi connectivity index (χ4v) is 2.43. The number of aromatic nitrogens is 1. The third-order valence-electron chi connectivity index (χ3n) is 3.35. The molecule has 0 saturated carbocycles. The summed E-state index contributed by atoms with van der Waals surface area (Å²) in [5.41, 5.74) is 1.12. The quantitative estimate of drug-likeness (QED) is 0.745. The van der Waals surface area contributed by atoms with Gasteiger partial charge in [0.05, 0.1) is 6.04 Å². The number of likely N-dealkylation sites (tertiary alicyclic amines) is 1. The average Bonchev–Trinajstić information content (AvgIpc) is 2.73. The van der Waals surface area contributed by atoms with Crippen LogP contribution in [0.4, 0.5) is 0 Å². The van der Waals surface area contributed by atoms with Gasteiger partial charge in [-0.2, -0.15) is 0 Å². The maximum absolute atomic E-state index is 12.0. The van der Waals surface area contributed by atoms with E-state index >= 15 is 0 Å². The number of amides is 1. The summed E-state index contributed by atoms with van der Waals surface area (Å²) in [4.78, 5) is 18.1. The molecule has 2 rings (SSSR count). The van der Waals surface area contributed by atoms with Gasteiger partial charge in [0.1, 0.15) is 0 Å². The van der Waals surface area contributed by atoms with Crippen molar-refractivity contribution < 1.29 is 4.79 Å². The molecular formula is C14H18N2O. The first-order chi connectivity index (χ1) is 8.26. The fraction of sp³-hybridized carbons (Fsp3) is 0.429. The number of nitrogens with zero attached hydrogens (tertiary/aromatic N) is 2. The largest absolute Gasteiger partial charge is 0.335 e. The Kier molecular flexibility index (Phi) is 3.57. The number of hydrogen-bond acceptors (Lipinski definition) is 2. The van der Waals surface area contributed by atoms with Crippen LogP contribution in [0.3, 0.4) is 0 Å². The molecule has 90 valence electrons. The first-order valence-corrected chi connectivity index (χ1v) is 6.08. The smallest absolute Gasteiger partial charge is 0.223 e. The summed E-state index contributed by atoms with van der Waals surface area (Å²) in [5.74, 6) is 0.527. The van der Waals surface area contributed by atoms with E-state index in [1.807, 2.05) is 29.3 Å². The van der Waals surface area contributed by atoms with E-state index in [2.05, 4.69) is 18.5 Å². The van der Waals surface area contributed by atoms with Crippen molar-refractivity contribution in [2.45, 2.75) is 25.8 Å². The van der Waals surface area contributed by atoms with Crippen LogP contribution in [0.25, 0.3) is 0 Å². The SMILES string of the molecule is C=CC1CC(=O)N(C(CC)c2cccnc2)C1. The Labute approximate surface area is 102 Å². The van der Waals surface area contributed by atoms with Gasteiger partial charge in [-0.05, 0) is 18.1 Å². The summed E-state index contributed by atoms with van der Waals surface area (Å²) >= 11 is 0. The molecular weight excluding hydrogens is 212 g/mol. The normalized spacial score (nSPS) is 21.6. The molecule has 3 heteroatoms. The van der Waals surface area contributed by atoms with Crippen molar-refractivity contribution in [1.29, 1.82) is 0 Å². The van der Waals surface area contributed by atoms with Gasteiger partial charge in [-0.25, -0.2) is 0 Å².